The molecule has 1 aromatic heterocycles. The van der Waals surface area contributed by atoms with Crippen molar-refractivity contribution in [3.05, 3.63) is 118 Å². The van der Waals surface area contributed by atoms with Crippen molar-refractivity contribution in [1.82, 2.24) is 14.9 Å². The zero-order chi connectivity index (χ0) is 23.7. The van der Waals surface area contributed by atoms with E-state index >= 15 is 0 Å². The number of carbonyl (C=O) groups excluding carboxylic acids is 1. The molecule has 4 aromatic rings. The van der Waals surface area contributed by atoms with Crippen molar-refractivity contribution in [2.45, 2.75) is 25.0 Å². The van der Waals surface area contributed by atoms with Crippen LogP contribution in [-0.2, 0) is 24.8 Å². The summed E-state index contributed by atoms with van der Waals surface area (Å²) < 4.78 is 1.97. The van der Waals surface area contributed by atoms with Crippen LogP contribution < -0.4 is 10.2 Å². The van der Waals surface area contributed by atoms with E-state index in [-0.39, 0.29) is 11.9 Å². The summed E-state index contributed by atoms with van der Waals surface area (Å²) in [4.78, 5) is 20.1. The Morgan fingerprint density at radius 3 is 2.44 bits per heavy atom. The minimum atomic E-state index is -0.460. The van der Waals surface area contributed by atoms with Gasteiger partial charge in [0.15, 0.2) is 0 Å². The van der Waals surface area contributed by atoms with Crippen LogP contribution in [0.15, 0.2) is 85.3 Å². The predicted molar refractivity (Wildman–Crippen MR) is 136 cm³/mol. The van der Waals surface area contributed by atoms with E-state index in [0.29, 0.717) is 23.0 Å². The second kappa shape index (κ2) is 9.63. The van der Waals surface area contributed by atoms with Crippen LogP contribution in [0.2, 0.25) is 10.0 Å². The van der Waals surface area contributed by atoms with Crippen LogP contribution in [0.5, 0.6) is 0 Å². The summed E-state index contributed by atoms with van der Waals surface area (Å²) in [6.45, 7) is 0.491. The summed E-state index contributed by atoms with van der Waals surface area (Å²) in [6, 6.07) is 22.7. The first kappa shape index (κ1) is 22.7. The Balaban J connectivity index is 1.56. The number of amides is 1. The Bertz CT molecular complexity index is 1320. The number of rotatable bonds is 5. The van der Waals surface area contributed by atoms with Gasteiger partial charge >= 0.3 is 0 Å². The third-order valence-corrected chi connectivity index (χ3v) is 6.76. The molecule has 0 saturated carbocycles. The fourth-order valence-electron chi connectivity index (χ4n) is 4.50. The monoisotopic (exact) mass is 490 g/mol. The van der Waals surface area contributed by atoms with E-state index < -0.39 is 6.04 Å². The summed E-state index contributed by atoms with van der Waals surface area (Å²) in [5, 5.41) is 4.92. The van der Waals surface area contributed by atoms with Crippen LogP contribution in [0.1, 0.15) is 28.4 Å². The summed E-state index contributed by atoms with van der Waals surface area (Å²) in [5.41, 5.74) is 5.03. The van der Waals surface area contributed by atoms with E-state index in [2.05, 4.69) is 22.4 Å². The van der Waals surface area contributed by atoms with Gasteiger partial charge in [-0.3, -0.25) is 10.1 Å². The molecule has 0 spiro atoms. The van der Waals surface area contributed by atoms with Gasteiger partial charge in [-0.2, -0.15) is 0 Å². The van der Waals surface area contributed by atoms with Gasteiger partial charge in [-0.25, -0.2) is 4.98 Å². The Hall–Kier alpha value is -3.12. The number of hydrogen-bond donors (Lipinski definition) is 1. The lowest BCUT2D eigenvalue weighted by Gasteiger charge is -2.29. The normalized spacial score (nSPS) is 16.7. The van der Waals surface area contributed by atoms with E-state index in [1.54, 1.807) is 6.33 Å². The second-order valence-corrected chi connectivity index (χ2v) is 9.38. The maximum atomic E-state index is 14.0. The van der Waals surface area contributed by atoms with Gasteiger partial charge in [0.05, 0.1) is 36.8 Å². The number of nitrogens with zero attached hydrogens (tertiary/aromatic N) is 3. The number of halogens is 2. The van der Waals surface area contributed by atoms with E-state index in [9.17, 15) is 4.79 Å². The standard InChI is InChI=1S/C27H24Cl2N4O/c1-32-17-30-15-25(32)26(18-9-11-21(28)12-10-18)31-24-13-19-5-2-3-6-20(19)16-33(27(24)34)23-8-4-7-22(29)14-23/h2-12,14-15,17,24,26,31H,13,16H2,1H3. The molecule has 5 nitrogen and oxygen atoms in total. The third kappa shape index (κ3) is 4.60. The molecule has 0 bridgehead atoms. The van der Waals surface area contributed by atoms with Crippen LogP contribution in [0, 0.1) is 0 Å². The van der Waals surface area contributed by atoms with Gasteiger partial charge in [-0.05, 0) is 53.4 Å². The molecule has 5 rings (SSSR count). The number of aromatic nitrogens is 2. The molecule has 1 aliphatic rings. The van der Waals surface area contributed by atoms with Crippen LogP contribution in [0.3, 0.4) is 0 Å². The lowest BCUT2D eigenvalue weighted by Crippen LogP contribution is -2.47. The third-order valence-electron chi connectivity index (χ3n) is 6.28. The average Bonchev–Trinajstić information content (AvgIpc) is 3.20. The highest BCUT2D eigenvalue weighted by Gasteiger charge is 2.33. The Morgan fingerprint density at radius 1 is 0.971 bits per heavy atom. The minimum Gasteiger partial charge on any atom is -0.336 e. The summed E-state index contributed by atoms with van der Waals surface area (Å²) in [7, 11) is 1.95. The summed E-state index contributed by atoms with van der Waals surface area (Å²) >= 11 is 12.4. The molecular weight excluding hydrogens is 467 g/mol. The Morgan fingerprint density at radius 2 is 1.74 bits per heavy atom. The summed E-state index contributed by atoms with van der Waals surface area (Å²) in [6.07, 6.45) is 4.17. The van der Waals surface area contributed by atoms with Crippen molar-refractivity contribution in [1.29, 1.82) is 0 Å². The molecule has 0 aliphatic carbocycles. The van der Waals surface area contributed by atoms with Crippen molar-refractivity contribution in [3.63, 3.8) is 0 Å². The average molecular weight is 491 g/mol. The zero-order valence-electron chi connectivity index (χ0n) is 18.7. The number of anilines is 1. The first-order valence-corrected chi connectivity index (χ1v) is 11.9. The van der Waals surface area contributed by atoms with Gasteiger partial charge in [0.25, 0.3) is 0 Å². The van der Waals surface area contributed by atoms with Crippen LogP contribution >= 0.6 is 23.2 Å². The fourth-order valence-corrected chi connectivity index (χ4v) is 4.81. The van der Waals surface area contributed by atoms with Gasteiger partial charge in [-0.1, -0.05) is 65.7 Å². The first-order chi connectivity index (χ1) is 16.5. The van der Waals surface area contributed by atoms with Crippen LogP contribution in [0.4, 0.5) is 5.69 Å². The van der Waals surface area contributed by atoms with Crippen molar-refractivity contribution in [2.75, 3.05) is 4.90 Å². The predicted octanol–water partition coefficient (Wildman–Crippen LogP) is 5.56. The molecule has 1 amide bonds. The van der Waals surface area contributed by atoms with Gasteiger partial charge < -0.3 is 9.47 Å². The molecule has 34 heavy (non-hydrogen) atoms. The van der Waals surface area contributed by atoms with Gasteiger partial charge in [-0.15, -0.1) is 0 Å². The molecule has 2 unspecified atom stereocenters. The molecule has 0 saturated heterocycles. The van der Waals surface area contributed by atoms with E-state index in [0.717, 1.165) is 28.1 Å². The number of carbonyl (C=O) groups is 1. The topological polar surface area (TPSA) is 50.2 Å². The van der Waals surface area contributed by atoms with Crippen molar-refractivity contribution >= 4 is 34.8 Å². The first-order valence-electron chi connectivity index (χ1n) is 11.1. The van der Waals surface area contributed by atoms with Crippen LogP contribution in [-0.4, -0.2) is 21.5 Å². The molecule has 1 N–H and O–H groups in total. The lowest BCUT2D eigenvalue weighted by molar-refractivity contribution is -0.120. The Kier molecular flexibility index (Phi) is 6.42. The molecule has 1 aliphatic heterocycles. The minimum absolute atomic E-state index is 0.000372. The molecule has 2 heterocycles. The second-order valence-electron chi connectivity index (χ2n) is 8.51. The van der Waals surface area contributed by atoms with Crippen LogP contribution in [0.25, 0.3) is 0 Å². The molecule has 0 radical (unpaired) electrons. The highest BCUT2D eigenvalue weighted by molar-refractivity contribution is 6.31. The summed E-state index contributed by atoms with van der Waals surface area (Å²) in [5.74, 6) is -0.000372. The van der Waals surface area contributed by atoms with E-state index in [4.69, 9.17) is 23.2 Å². The SMILES string of the molecule is Cn1cncc1C(NC1Cc2ccccc2CN(c2cccc(Cl)c2)C1=O)c1ccc(Cl)cc1. The van der Waals surface area contributed by atoms with Gasteiger partial charge in [0.2, 0.25) is 5.91 Å². The molecule has 3 aromatic carbocycles. The van der Waals surface area contributed by atoms with Gasteiger partial charge in [0.1, 0.15) is 0 Å². The van der Waals surface area contributed by atoms with E-state index in [1.165, 1.54) is 0 Å². The molecule has 2 atom stereocenters. The maximum absolute atomic E-state index is 14.0. The van der Waals surface area contributed by atoms with Crippen molar-refractivity contribution in [2.24, 2.45) is 7.05 Å². The molecule has 0 fully saturated rings. The molecule has 7 heteroatoms. The van der Waals surface area contributed by atoms with E-state index in [1.807, 2.05) is 83.4 Å². The van der Waals surface area contributed by atoms with Crippen molar-refractivity contribution < 1.29 is 4.79 Å². The fraction of sp³-hybridized carbons (Fsp3) is 0.185. The number of aryl methyl sites for hydroxylation is 1. The Labute approximate surface area is 209 Å². The molecule has 172 valence electrons. The number of imidazole rings is 1. The quantitative estimate of drug-likeness (QED) is 0.398. The maximum Gasteiger partial charge on any atom is 0.244 e. The number of fused-ring (bicyclic) bond motifs is 1. The zero-order valence-corrected chi connectivity index (χ0v) is 20.2. The number of hydrogen-bond acceptors (Lipinski definition) is 3. The molecular formula is C27H24Cl2N4O. The van der Waals surface area contributed by atoms with Gasteiger partial charge in [0, 0.05) is 22.8 Å². The highest BCUT2D eigenvalue weighted by atomic mass is 35.5. The van der Waals surface area contributed by atoms with Crippen molar-refractivity contribution in [3.8, 4) is 0 Å². The lowest BCUT2D eigenvalue weighted by atomic mass is 9.98. The smallest absolute Gasteiger partial charge is 0.244 e. The number of nitrogens with one attached hydrogen (secondary N) is 1. The largest absolute Gasteiger partial charge is 0.336 e. The highest BCUT2D eigenvalue weighted by Crippen LogP contribution is 2.30. The number of benzene rings is 3.